The number of carbonyl (C=O) groups excluding carboxylic acids is 2. The van der Waals surface area contributed by atoms with Crippen LogP contribution in [0.5, 0.6) is 0 Å². The molecule has 0 bridgehead atoms. The van der Waals surface area contributed by atoms with Crippen LogP contribution in [0.1, 0.15) is 10.5 Å². The third-order valence-corrected chi connectivity index (χ3v) is 2.12. The molecule has 0 aliphatic heterocycles. The number of benzene rings is 1. The van der Waals surface area contributed by atoms with E-state index < -0.39 is 5.97 Å². The summed E-state index contributed by atoms with van der Waals surface area (Å²) in [5.74, 6) is -0.519. The van der Waals surface area contributed by atoms with Crippen molar-refractivity contribution in [1.29, 1.82) is 0 Å². The van der Waals surface area contributed by atoms with Gasteiger partial charge in [-0.05, 0) is 6.07 Å². The van der Waals surface area contributed by atoms with Gasteiger partial charge in [0.25, 0.3) is 0 Å². The van der Waals surface area contributed by atoms with Crippen molar-refractivity contribution in [1.82, 2.24) is 10.2 Å². The second-order valence-electron chi connectivity index (χ2n) is 2.97. The zero-order valence-electron chi connectivity index (χ0n) is 8.35. The van der Waals surface area contributed by atoms with E-state index in [0.29, 0.717) is 16.6 Å². The fourth-order valence-electron chi connectivity index (χ4n) is 1.42. The lowest BCUT2D eigenvalue weighted by atomic mass is 10.2. The molecule has 2 rings (SSSR count). The number of isocyanates is 1. The molecule has 0 aliphatic rings. The van der Waals surface area contributed by atoms with Gasteiger partial charge < -0.3 is 4.74 Å². The van der Waals surface area contributed by atoms with E-state index in [1.807, 2.05) is 0 Å². The summed E-state index contributed by atoms with van der Waals surface area (Å²) in [5, 5.41) is 7.02. The molecule has 1 heterocycles. The van der Waals surface area contributed by atoms with Gasteiger partial charge in [-0.2, -0.15) is 10.1 Å². The van der Waals surface area contributed by atoms with Gasteiger partial charge >= 0.3 is 5.97 Å². The van der Waals surface area contributed by atoms with Crippen molar-refractivity contribution in [3.8, 4) is 0 Å². The van der Waals surface area contributed by atoms with E-state index in [-0.39, 0.29) is 5.69 Å². The fraction of sp³-hybridized carbons (Fsp3) is 0.100. The Morgan fingerprint density at radius 2 is 2.38 bits per heavy atom. The Morgan fingerprint density at radius 1 is 1.56 bits per heavy atom. The Kier molecular flexibility index (Phi) is 2.49. The maximum Gasteiger partial charge on any atom is 0.356 e. The first-order chi connectivity index (χ1) is 7.77. The quantitative estimate of drug-likeness (QED) is 0.467. The van der Waals surface area contributed by atoms with Gasteiger partial charge in [0.2, 0.25) is 6.08 Å². The zero-order valence-corrected chi connectivity index (χ0v) is 8.35. The number of aromatic nitrogens is 2. The SMILES string of the molecule is COC(=O)c1[nH]nc2c(N=C=O)cccc12. The lowest BCUT2D eigenvalue weighted by Gasteiger charge is -1.95. The normalized spacial score (nSPS) is 9.81. The van der Waals surface area contributed by atoms with Gasteiger partial charge in [0, 0.05) is 5.39 Å². The number of esters is 1. The summed E-state index contributed by atoms with van der Waals surface area (Å²) in [6.45, 7) is 0. The number of methoxy groups -OCH3 is 1. The molecule has 0 radical (unpaired) electrons. The molecule has 1 aromatic heterocycles. The number of ether oxygens (including phenoxy) is 1. The minimum absolute atomic E-state index is 0.237. The van der Waals surface area contributed by atoms with Crippen LogP contribution in [-0.2, 0) is 9.53 Å². The first-order valence-corrected chi connectivity index (χ1v) is 4.41. The van der Waals surface area contributed by atoms with Gasteiger partial charge in [-0.1, -0.05) is 12.1 Å². The monoisotopic (exact) mass is 217 g/mol. The van der Waals surface area contributed by atoms with Gasteiger partial charge in [-0.25, -0.2) is 9.59 Å². The molecular formula is C10H7N3O3. The summed E-state index contributed by atoms with van der Waals surface area (Å²) in [7, 11) is 1.28. The number of nitrogens with one attached hydrogen (secondary N) is 1. The molecule has 0 spiro atoms. The number of aromatic amines is 1. The van der Waals surface area contributed by atoms with Gasteiger partial charge in [0.15, 0.2) is 5.69 Å². The van der Waals surface area contributed by atoms with Crippen molar-refractivity contribution in [3.63, 3.8) is 0 Å². The molecule has 16 heavy (non-hydrogen) atoms. The molecule has 0 fully saturated rings. The van der Waals surface area contributed by atoms with Crippen LogP contribution in [-0.4, -0.2) is 29.4 Å². The number of carbonyl (C=O) groups is 1. The van der Waals surface area contributed by atoms with E-state index in [1.165, 1.54) is 13.2 Å². The maximum absolute atomic E-state index is 11.4. The first kappa shape index (κ1) is 10.1. The smallest absolute Gasteiger partial charge is 0.356 e. The minimum Gasteiger partial charge on any atom is -0.464 e. The first-order valence-electron chi connectivity index (χ1n) is 4.41. The Morgan fingerprint density at radius 3 is 3.06 bits per heavy atom. The van der Waals surface area contributed by atoms with E-state index in [4.69, 9.17) is 0 Å². The van der Waals surface area contributed by atoms with Crippen molar-refractivity contribution in [2.75, 3.05) is 7.11 Å². The number of H-pyrrole nitrogens is 1. The molecule has 1 aromatic carbocycles. The molecule has 6 heteroatoms. The molecule has 6 nitrogen and oxygen atoms in total. The number of rotatable bonds is 2. The summed E-state index contributed by atoms with van der Waals surface area (Å²) in [6.07, 6.45) is 1.43. The lowest BCUT2D eigenvalue weighted by molar-refractivity contribution is 0.0596. The van der Waals surface area contributed by atoms with Gasteiger partial charge in [-0.15, -0.1) is 0 Å². The van der Waals surface area contributed by atoms with Crippen LogP contribution in [0.2, 0.25) is 0 Å². The average Bonchev–Trinajstić information content (AvgIpc) is 2.73. The number of aliphatic imine (C=N–C) groups is 1. The van der Waals surface area contributed by atoms with Crippen molar-refractivity contribution in [3.05, 3.63) is 23.9 Å². The van der Waals surface area contributed by atoms with Crippen LogP contribution < -0.4 is 0 Å². The minimum atomic E-state index is -0.519. The van der Waals surface area contributed by atoms with Crippen LogP contribution in [0, 0.1) is 0 Å². The molecule has 0 saturated heterocycles. The molecule has 0 atom stereocenters. The van der Waals surface area contributed by atoms with E-state index in [9.17, 15) is 9.59 Å². The Balaban J connectivity index is 2.70. The number of fused-ring (bicyclic) bond motifs is 1. The number of nitrogens with zero attached hydrogens (tertiary/aromatic N) is 2. The van der Waals surface area contributed by atoms with E-state index in [2.05, 4.69) is 19.9 Å². The van der Waals surface area contributed by atoms with Gasteiger partial charge in [0.05, 0.1) is 7.11 Å². The predicted octanol–water partition coefficient (Wildman–Crippen LogP) is 1.32. The standard InChI is InChI=1S/C10H7N3O3/c1-16-10(15)9-6-3-2-4-7(11-5-14)8(6)12-13-9/h2-4H,1H3,(H,12,13). The molecule has 0 unspecified atom stereocenters. The highest BCUT2D eigenvalue weighted by Crippen LogP contribution is 2.25. The summed E-state index contributed by atoms with van der Waals surface area (Å²) in [5.41, 5.74) is 1.03. The lowest BCUT2D eigenvalue weighted by Crippen LogP contribution is -2.01. The van der Waals surface area contributed by atoms with Crippen LogP contribution in [0.3, 0.4) is 0 Å². The highest BCUT2D eigenvalue weighted by Gasteiger charge is 2.15. The van der Waals surface area contributed by atoms with E-state index in [0.717, 1.165) is 0 Å². The molecule has 1 N–H and O–H groups in total. The molecular weight excluding hydrogens is 210 g/mol. The Bertz CT molecular complexity index is 596. The van der Waals surface area contributed by atoms with Crippen molar-refractivity contribution < 1.29 is 14.3 Å². The zero-order chi connectivity index (χ0) is 11.5. The topological polar surface area (TPSA) is 84.4 Å². The summed E-state index contributed by atoms with van der Waals surface area (Å²) < 4.78 is 4.58. The summed E-state index contributed by atoms with van der Waals surface area (Å²) in [6, 6.07) is 4.96. The summed E-state index contributed by atoms with van der Waals surface area (Å²) >= 11 is 0. The van der Waals surface area contributed by atoms with Gasteiger partial charge in [0.1, 0.15) is 11.2 Å². The van der Waals surface area contributed by atoms with Gasteiger partial charge in [-0.3, -0.25) is 5.10 Å². The maximum atomic E-state index is 11.4. The molecule has 80 valence electrons. The Labute approximate surface area is 89.9 Å². The van der Waals surface area contributed by atoms with Crippen LogP contribution in [0.4, 0.5) is 5.69 Å². The summed E-state index contributed by atoms with van der Waals surface area (Å²) in [4.78, 5) is 25.0. The average molecular weight is 217 g/mol. The highest BCUT2D eigenvalue weighted by atomic mass is 16.5. The third kappa shape index (κ3) is 1.47. The van der Waals surface area contributed by atoms with Crippen molar-refractivity contribution in [2.45, 2.75) is 0 Å². The third-order valence-electron chi connectivity index (χ3n) is 2.12. The molecule has 2 aromatic rings. The highest BCUT2D eigenvalue weighted by molar-refractivity contribution is 6.04. The van der Waals surface area contributed by atoms with Crippen LogP contribution in [0.15, 0.2) is 23.2 Å². The number of para-hydroxylation sites is 1. The second-order valence-corrected chi connectivity index (χ2v) is 2.97. The van der Waals surface area contributed by atoms with E-state index >= 15 is 0 Å². The number of hydrogen-bond acceptors (Lipinski definition) is 5. The van der Waals surface area contributed by atoms with E-state index in [1.54, 1.807) is 18.2 Å². The molecule has 0 saturated carbocycles. The Hall–Kier alpha value is -2.46. The largest absolute Gasteiger partial charge is 0.464 e. The fourth-order valence-corrected chi connectivity index (χ4v) is 1.42. The predicted molar refractivity (Wildman–Crippen MR) is 55.2 cm³/mol. The number of hydrogen-bond donors (Lipinski definition) is 1. The van der Waals surface area contributed by atoms with Crippen LogP contribution >= 0.6 is 0 Å². The second kappa shape index (κ2) is 3.96. The van der Waals surface area contributed by atoms with Crippen molar-refractivity contribution in [2.24, 2.45) is 4.99 Å². The van der Waals surface area contributed by atoms with Crippen molar-refractivity contribution >= 4 is 28.6 Å². The van der Waals surface area contributed by atoms with Crippen LogP contribution in [0.25, 0.3) is 10.9 Å². The molecule has 0 amide bonds. The molecule has 0 aliphatic carbocycles.